The van der Waals surface area contributed by atoms with E-state index in [4.69, 9.17) is 0 Å². The van der Waals surface area contributed by atoms with Crippen molar-refractivity contribution in [2.75, 3.05) is 6.54 Å². The second-order valence-electron chi connectivity index (χ2n) is 9.79. The summed E-state index contributed by atoms with van der Waals surface area (Å²) < 4.78 is 2.19. The molecule has 1 aromatic carbocycles. The standard InChI is InChI=1S/C24H30N2O3/c1-16-7-9-17(10-8-16)21-18-6-5-11-25(18)12-13-26(21)20(27)15-24(22(28)29)14-19(24)23(2,3)4/h5-11,19,21H,12-15H2,1-4H3,(H,28,29). The number of benzene rings is 1. The Morgan fingerprint density at radius 3 is 2.41 bits per heavy atom. The molecule has 5 heteroatoms. The van der Waals surface area contributed by atoms with Gasteiger partial charge in [0.25, 0.3) is 0 Å². The molecule has 1 aromatic heterocycles. The molecule has 0 bridgehead atoms. The largest absolute Gasteiger partial charge is 0.481 e. The average Bonchev–Trinajstić information content (AvgIpc) is 3.21. The number of carboxylic acids is 1. The highest BCUT2D eigenvalue weighted by molar-refractivity contribution is 5.88. The molecule has 1 aliphatic heterocycles. The van der Waals surface area contributed by atoms with Crippen molar-refractivity contribution in [2.45, 2.75) is 53.1 Å². The lowest BCUT2D eigenvalue weighted by atomic mass is 9.83. The van der Waals surface area contributed by atoms with Gasteiger partial charge in [-0.2, -0.15) is 0 Å². The highest BCUT2D eigenvalue weighted by Gasteiger charge is 2.65. The van der Waals surface area contributed by atoms with Crippen molar-refractivity contribution in [3.63, 3.8) is 0 Å². The van der Waals surface area contributed by atoms with E-state index in [1.807, 2.05) is 24.1 Å². The quantitative estimate of drug-likeness (QED) is 0.843. The Hall–Kier alpha value is -2.56. The minimum Gasteiger partial charge on any atom is -0.481 e. The minimum atomic E-state index is -0.924. The fourth-order valence-corrected chi connectivity index (χ4v) is 5.07. The summed E-state index contributed by atoms with van der Waals surface area (Å²) in [6, 6.07) is 12.2. The zero-order chi connectivity index (χ0) is 21.0. The van der Waals surface area contributed by atoms with E-state index in [0.717, 1.165) is 17.8 Å². The van der Waals surface area contributed by atoms with Gasteiger partial charge < -0.3 is 14.6 Å². The van der Waals surface area contributed by atoms with Crippen LogP contribution >= 0.6 is 0 Å². The van der Waals surface area contributed by atoms with Gasteiger partial charge in [-0.15, -0.1) is 0 Å². The van der Waals surface area contributed by atoms with Crippen LogP contribution in [0.5, 0.6) is 0 Å². The highest BCUT2D eigenvalue weighted by Crippen LogP contribution is 2.63. The minimum absolute atomic E-state index is 0.0305. The zero-order valence-electron chi connectivity index (χ0n) is 17.7. The van der Waals surface area contributed by atoms with Crippen LogP contribution < -0.4 is 0 Å². The monoisotopic (exact) mass is 394 g/mol. The number of aliphatic carboxylic acids is 1. The van der Waals surface area contributed by atoms with Crippen LogP contribution in [0.25, 0.3) is 0 Å². The lowest BCUT2D eigenvalue weighted by molar-refractivity contribution is -0.149. The molecule has 1 N–H and O–H groups in total. The summed E-state index contributed by atoms with van der Waals surface area (Å²) in [4.78, 5) is 27.5. The van der Waals surface area contributed by atoms with Gasteiger partial charge in [-0.3, -0.25) is 9.59 Å². The second kappa shape index (κ2) is 6.75. The second-order valence-corrected chi connectivity index (χ2v) is 9.79. The molecule has 2 aromatic rings. The number of amides is 1. The van der Waals surface area contributed by atoms with E-state index in [0.29, 0.717) is 13.0 Å². The lowest BCUT2D eigenvalue weighted by Crippen LogP contribution is -2.44. The van der Waals surface area contributed by atoms with Crippen LogP contribution in [0, 0.1) is 23.7 Å². The first-order valence-corrected chi connectivity index (χ1v) is 10.4. The number of carbonyl (C=O) groups is 2. The molecule has 1 aliphatic carbocycles. The summed E-state index contributed by atoms with van der Waals surface area (Å²) in [6.45, 7) is 9.57. The van der Waals surface area contributed by atoms with Gasteiger partial charge in [-0.25, -0.2) is 0 Å². The molecule has 154 valence electrons. The van der Waals surface area contributed by atoms with Gasteiger partial charge in [0.05, 0.1) is 11.5 Å². The molecule has 4 rings (SSSR count). The normalized spacial score (nSPS) is 26.1. The number of carboxylic acid groups (broad SMARTS) is 1. The number of aromatic nitrogens is 1. The zero-order valence-corrected chi connectivity index (χ0v) is 17.7. The van der Waals surface area contributed by atoms with E-state index in [1.54, 1.807) is 0 Å². The summed E-state index contributed by atoms with van der Waals surface area (Å²) in [7, 11) is 0. The lowest BCUT2D eigenvalue weighted by Gasteiger charge is -2.38. The SMILES string of the molecule is Cc1ccc(C2c3cccn3CCN2C(=O)CC2(C(=O)O)CC2C(C)(C)C)cc1. The molecule has 3 unspecified atom stereocenters. The van der Waals surface area contributed by atoms with Crippen molar-refractivity contribution in [3.8, 4) is 0 Å². The highest BCUT2D eigenvalue weighted by atomic mass is 16.4. The third-order valence-corrected chi connectivity index (χ3v) is 6.76. The van der Waals surface area contributed by atoms with Crippen LogP contribution in [0.15, 0.2) is 42.6 Å². The van der Waals surface area contributed by atoms with Gasteiger partial charge in [0, 0.05) is 31.4 Å². The van der Waals surface area contributed by atoms with Crippen LogP contribution in [0.1, 0.15) is 56.5 Å². The topological polar surface area (TPSA) is 62.5 Å². The predicted molar refractivity (Wildman–Crippen MR) is 111 cm³/mol. The fourth-order valence-electron chi connectivity index (χ4n) is 5.07. The summed E-state index contributed by atoms with van der Waals surface area (Å²) in [5.41, 5.74) is 2.28. The molecule has 1 fully saturated rings. The van der Waals surface area contributed by atoms with Gasteiger partial charge >= 0.3 is 5.97 Å². The molecule has 0 saturated heterocycles. The van der Waals surface area contributed by atoms with Crippen LogP contribution in [-0.4, -0.2) is 33.0 Å². The van der Waals surface area contributed by atoms with Gasteiger partial charge in [-0.1, -0.05) is 50.6 Å². The Morgan fingerprint density at radius 2 is 1.83 bits per heavy atom. The number of hydrogen-bond acceptors (Lipinski definition) is 2. The van der Waals surface area contributed by atoms with Crippen molar-refractivity contribution in [1.82, 2.24) is 9.47 Å². The van der Waals surface area contributed by atoms with Crippen LogP contribution in [0.3, 0.4) is 0 Å². The van der Waals surface area contributed by atoms with Gasteiger partial charge in [0.15, 0.2) is 0 Å². The molecule has 0 radical (unpaired) electrons. The number of aryl methyl sites for hydroxylation is 1. The van der Waals surface area contributed by atoms with Crippen molar-refractivity contribution in [1.29, 1.82) is 0 Å². The van der Waals surface area contributed by atoms with Crippen molar-refractivity contribution < 1.29 is 14.7 Å². The number of carbonyl (C=O) groups excluding carboxylic acids is 1. The Balaban J connectivity index is 1.65. The Kier molecular flexibility index (Phi) is 4.60. The third kappa shape index (κ3) is 3.37. The fraction of sp³-hybridized carbons (Fsp3) is 0.500. The first-order chi connectivity index (χ1) is 13.6. The number of nitrogens with zero attached hydrogens (tertiary/aromatic N) is 2. The predicted octanol–water partition coefficient (Wildman–Crippen LogP) is 4.26. The first-order valence-electron chi connectivity index (χ1n) is 10.4. The first kappa shape index (κ1) is 19.7. The van der Waals surface area contributed by atoms with E-state index in [-0.39, 0.29) is 29.7 Å². The van der Waals surface area contributed by atoms with E-state index >= 15 is 0 Å². The molecular formula is C24H30N2O3. The molecule has 0 spiro atoms. The van der Waals surface area contributed by atoms with E-state index in [2.05, 4.69) is 55.7 Å². The van der Waals surface area contributed by atoms with Gasteiger partial charge in [-0.05, 0) is 42.4 Å². The van der Waals surface area contributed by atoms with Crippen molar-refractivity contribution >= 4 is 11.9 Å². The van der Waals surface area contributed by atoms with Crippen molar-refractivity contribution in [3.05, 3.63) is 59.4 Å². The third-order valence-electron chi connectivity index (χ3n) is 6.76. The number of fused-ring (bicyclic) bond motifs is 1. The van der Waals surface area contributed by atoms with Crippen LogP contribution in [0.2, 0.25) is 0 Å². The molecule has 5 nitrogen and oxygen atoms in total. The van der Waals surface area contributed by atoms with Crippen molar-refractivity contribution in [2.24, 2.45) is 16.7 Å². The summed E-state index contributed by atoms with van der Waals surface area (Å²) >= 11 is 0. The Labute approximate surface area is 172 Å². The maximum Gasteiger partial charge on any atom is 0.310 e. The number of rotatable bonds is 4. The summed E-state index contributed by atoms with van der Waals surface area (Å²) in [6.07, 6.45) is 2.71. The van der Waals surface area contributed by atoms with Gasteiger partial charge in [0.1, 0.15) is 0 Å². The van der Waals surface area contributed by atoms with Crippen LogP contribution in [-0.2, 0) is 16.1 Å². The molecule has 29 heavy (non-hydrogen) atoms. The molecule has 2 aliphatic rings. The Bertz CT molecular complexity index is 938. The van der Waals surface area contributed by atoms with E-state index in [9.17, 15) is 14.7 Å². The molecule has 3 atom stereocenters. The molecule has 2 heterocycles. The maximum absolute atomic E-state index is 13.5. The smallest absolute Gasteiger partial charge is 0.310 e. The van der Waals surface area contributed by atoms with Gasteiger partial charge in [0.2, 0.25) is 5.91 Å². The molecule has 1 amide bonds. The maximum atomic E-state index is 13.5. The summed E-state index contributed by atoms with van der Waals surface area (Å²) in [5, 5.41) is 9.95. The average molecular weight is 395 g/mol. The Morgan fingerprint density at radius 1 is 1.14 bits per heavy atom. The summed E-state index contributed by atoms with van der Waals surface area (Å²) in [5.74, 6) is -0.863. The van der Waals surface area contributed by atoms with E-state index < -0.39 is 11.4 Å². The van der Waals surface area contributed by atoms with Crippen LogP contribution in [0.4, 0.5) is 0 Å². The number of hydrogen-bond donors (Lipinski definition) is 1. The molecular weight excluding hydrogens is 364 g/mol. The molecule has 1 saturated carbocycles. The van der Waals surface area contributed by atoms with E-state index in [1.165, 1.54) is 5.56 Å².